The first-order valence-electron chi connectivity index (χ1n) is 90.1. The average Bonchev–Trinajstić information content (AvgIpc) is 0.628. The van der Waals surface area contributed by atoms with Gasteiger partial charge in [0.05, 0.1) is 134 Å². The number of Topliss-reactive ketones (excluding diaryl/α,β-unsaturated/α-hetero) is 6. The zero-order chi connectivity index (χ0) is 183. The highest BCUT2D eigenvalue weighted by atomic mass is 16.5. The van der Waals surface area contributed by atoms with Crippen LogP contribution in [-0.4, -0.2) is 227 Å². The number of piperidine rings is 6. The lowest BCUT2D eigenvalue weighted by atomic mass is 9.79. The van der Waals surface area contributed by atoms with E-state index in [0.29, 0.717) is 54.0 Å². The Labute approximate surface area is 973 Å². The van der Waals surface area contributed by atoms with Crippen molar-refractivity contribution in [2.45, 2.75) is 253 Å². The van der Waals surface area contributed by atoms with Gasteiger partial charge in [-0.3, -0.25) is 58.2 Å². The molecule has 12 heterocycles. The van der Waals surface area contributed by atoms with Crippen molar-refractivity contribution in [3.8, 4) is 69.0 Å². The van der Waals surface area contributed by atoms with Gasteiger partial charge in [0, 0.05) is 266 Å². The summed E-state index contributed by atoms with van der Waals surface area (Å²) in [6.45, 7) is -28.9. The summed E-state index contributed by atoms with van der Waals surface area (Å²) in [4.78, 5) is 83.7. The SMILES string of the molecule is [2H]C([2H])([2H])Oc1cc2c(cc1OC([2H])([2H])[2H])C1CC(=O)C(C([2H])([2H])C([2H])(C([2H])([2H])[2H])C([2H])([2H])C)CN1CC2.[2H]C([2H])([2H])Oc1cc2c(cc1OC([2H])([2H])[2H])C1N(CC2)CC([2H])(CC(C)C)C(=O)C1([2H])[2H].[2H]c1c(OC([2H])([2H])[2H])c(OC)c([2H])c2c1C([2H])([2H])C([2H])([2H])N1C([2H])([2H])C([2H])(C([2H])([2H])C([2H])(C([2H])([2H])[2H])C([2H])([2H])C)C(=O)C([2H])([2H])C21[2H].[2H]c1c(OC([2H])([2H])[2H])c(OC)c([2H])c2c1C([2H])([2H])C([2H])([2H])N1C([2H])([2H])C([2H])(CC(C)C)C(=O)C([2H])([2H])C21[2H].[2H]c1c(OC)c(OC([2H])([2H])[2H])c([2H])c2c1C1([2H])CC(=O)C(C([2H])([2H])C([2H])(C([2H])([2H])[2H])C([2H])([2H])C)C([2H])([2H])N1C([2H])([2H])C2([2H])[2H].[2H]c1c(OC)c(OC([2H])([2H])[2H])c([2H])c2c1C1([2H])CC(=O)C(CC(C)C)C([2H])([2H])N1C([2H])([2H])C2([2H])[2H]. The van der Waals surface area contributed by atoms with Crippen LogP contribution in [0.1, 0.15) is 409 Å². The van der Waals surface area contributed by atoms with Gasteiger partial charge in [-0.15, -0.1) is 0 Å². The topological polar surface area (TPSA) is 233 Å². The number of carbonyl (C=O) groups excluding carboxylic acids is 6. The number of fused-ring (bicyclic) bond motifs is 18. The van der Waals surface area contributed by atoms with Crippen LogP contribution in [0.15, 0.2) is 72.6 Å². The summed E-state index contributed by atoms with van der Waals surface area (Å²) in [6, 6.07) is -19.1. The third-order valence-corrected chi connectivity index (χ3v) is 23.0. The minimum Gasteiger partial charge on any atom is -0.493 e. The predicted molar refractivity (Wildman–Crippen MR) is 555 cm³/mol. The number of methoxy groups -OCH3 is 12. The first-order chi connectivity index (χ1) is 103. The molecule has 12 aliphatic heterocycles. The van der Waals surface area contributed by atoms with Gasteiger partial charge in [0.15, 0.2) is 69.0 Å². The molecule has 0 aromatic heterocycles. The van der Waals surface area contributed by atoms with Crippen molar-refractivity contribution >= 4 is 34.7 Å². The molecular weight excluding hydrogens is 1780 g/mol. The van der Waals surface area contributed by atoms with Crippen LogP contribution in [0.5, 0.6) is 69.0 Å². The minimum atomic E-state index is -4.69. The summed E-state index contributed by atoms with van der Waals surface area (Å²) in [6.07, 6.45) is -48.3. The van der Waals surface area contributed by atoms with E-state index in [4.69, 9.17) is 180 Å². The fourth-order valence-corrected chi connectivity index (χ4v) is 16.3. The highest BCUT2D eigenvalue weighted by Crippen LogP contribution is 2.51. The van der Waals surface area contributed by atoms with Crippen molar-refractivity contribution in [2.24, 2.45) is 70.9 Å². The molecule has 0 N–H and O–H groups in total. The van der Waals surface area contributed by atoms with Gasteiger partial charge in [-0.1, -0.05) is 102 Å². The molecule has 0 amide bonds. The second kappa shape index (κ2) is 50.0. The molecule has 6 fully saturated rings. The Kier molecular flexibility index (Phi) is 14.2. The molecule has 0 radical (unpaired) electrons. The molecular formula is C117H168N6O18. The van der Waals surface area contributed by atoms with Crippen molar-refractivity contribution in [2.75, 3.05) is 163 Å². The monoisotopic (exact) mass is 2040 g/mol. The quantitative estimate of drug-likeness (QED) is 0.0466. The molecule has 24 nitrogen and oxygen atoms in total. The molecule has 12 aliphatic rings. The van der Waals surface area contributed by atoms with Crippen LogP contribution < -0.4 is 56.8 Å². The van der Waals surface area contributed by atoms with Crippen LogP contribution in [0.4, 0.5) is 0 Å². The molecule has 18 rings (SSSR count). The van der Waals surface area contributed by atoms with Crippen LogP contribution in [0, 0.1) is 70.9 Å². The first-order valence-corrected chi connectivity index (χ1v) is 43.6. The molecule has 15 atom stereocenters. The van der Waals surface area contributed by atoms with E-state index in [1.54, 1.807) is 23.6 Å². The van der Waals surface area contributed by atoms with E-state index in [1.807, 2.05) is 13.8 Å². The van der Waals surface area contributed by atoms with E-state index in [0.717, 1.165) is 35.4 Å². The molecule has 15 unspecified atom stereocenters. The smallest absolute Gasteiger partial charge is 0.161 e. The van der Waals surface area contributed by atoms with E-state index in [-0.39, 0.29) is 90.0 Å². The van der Waals surface area contributed by atoms with Gasteiger partial charge in [-0.2, -0.15) is 0 Å². The average molecular weight is 2040 g/mol. The predicted octanol–water partition coefficient (Wildman–Crippen LogP) is 20.6. The molecule has 0 aliphatic carbocycles. The second-order valence-corrected chi connectivity index (χ2v) is 33.5. The Morgan fingerprint density at radius 3 is 1.09 bits per heavy atom. The molecule has 141 heavy (non-hydrogen) atoms. The van der Waals surface area contributed by atoms with Gasteiger partial charge in [0.25, 0.3) is 0 Å². The summed E-state index contributed by atoms with van der Waals surface area (Å²) in [5.41, 5.74) is -7.01. The van der Waals surface area contributed by atoms with Crippen LogP contribution in [0.3, 0.4) is 0 Å². The lowest BCUT2D eigenvalue weighted by molar-refractivity contribution is -0.130. The fourth-order valence-electron chi connectivity index (χ4n) is 16.3. The van der Waals surface area contributed by atoms with Gasteiger partial charge in [-0.25, -0.2) is 0 Å². The van der Waals surface area contributed by atoms with Gasteiger partial charge < -0.3 is 56.8 Å². The largest absolute Gasteiger partial charge is 0.493 e. The van der Waals surface area contributed by atoms with Crippen molar-refractivity contribution < 1.29 is 213 Å². The Bertz CT molecular complexity index is 9820. The molecule has 6 saturated heterocycles. The third-order valence-electron chi connectivity index (χ3n) is 23.0. The Balaban J connectivity index is 0.000000223. The van der Waals surface area contributed by atoms with E-state index in [9.17, 15) is 32.9 Å². The fraction of sp³-hybridized carbons (Fsp3) is 0.641. The molecule has 0 spiro atoms. The number of hydrogen-bond donors (Lipinski definition) is 0. The number of carbonyl (C=O) groups is 6. The molecule has 774 valence electrons. The van der Waals surface area contributed by atoms with E-state index < -0.39 is 505 Å². The first kappa shape index (κ1) is 40.2. The van der Waals surface area contributed by atoms with Crippen molar-refractivity contribution in [1.82, 2.24) is 29.4 Å². The normalized spacial score (nSPS) is 45.6. The number of ether oxygens (including phenoxy) is 12. The van der Waals surface area contributed by atoms with Gasteiger partial charge in [0.2, 0.25) is 0 Å². The van der Waals surface area contributed by atoms with E-state index >= 15 is 0 Å². The van der Waals surface area contributed by atoms with Gasteiger partial charge >= 0.3 is 0 Å². The number of benzene rings is 6. The molecule has 24 heteroatoms. The van der Waals surface area contributed by atoms with Crippen molar-refractivity contribution in [1.29, 1.82) is 0 Å². The maximum atomic E-state index is 14.1. The van der Waals surface area contributed by atoms with E-state index in [2.05, 4.69) is 0 Å². The Hall–Kier alpha value is -9.30. The summed E-state index contributed by atoms with van der Waals surface area (Å²) < 4.78 is 825. The van der Waals surface area contributed by atoms with Gasteiger partial charge in [-0.05, 0) is 252 Å². The lowest BCUT2D eigenvalue weighted by Crippen LogP contribution is -2.46. The highest BCUT2D eigenvalue weighted by molar-refractivity contribution is 5.86. The third kappa shape index (κ3) is 25.6. The van der Waals surface area contributed by atoms with Crippen LogP contribution in [0.25, 0.3) is 0 Å². The lowest BCUT2D eigenvalue weighted by Gasteiger charge is -2.43. The zero-order valence-corrected chi connectivity index (χ0v) is 78.4. The maximum Gasteiger partial charge on any atom is 0.161 e. The van der Waals surface area contributed by atoms with Crippen molar-refractivity contribution in [3.05, 3.63) is 139 Å². The number of rotatable bonds is 27. The number of ketones is 6. The zero-order valence-electron chi connectivity index (χ0n) is 171. The number of nitrogens with zero attached hydrogens (tertiary/aromatic N) is 6. The highest BCUT2D eigenvalue weighted by Gasteiger charge is 2.47. The molecule has 6 aromatic rings. The van der Waals surface area contributed by atoms with Crippen LogP contribution in [-0.2, 0) is 67.1 Å². The second-order valence-electron chi connectivity index (χ2n) is 33.5. The Morgan fingerprint density at radius 1 is 0.340 bits per heavy atom. The molecule has 0 saturated carbocycles. The summed E-state index contributed by atoms with van der Waals surface area (Å²) in [5.74, 6) is -44.5. The number of hydrogen-bond acceptors (Lipinski definition) is 24. The summed E-state index contributed by atoms with van der Waals surface area (Å²) >= 11 is 0. The van der Waals surface area contributed by atoms with E-state index in [1.165, 1.54) is 38.1 Å². The van der Waals surface area contributed by atoms with Crippen molar-refractivity contribution in [3.63, 3.8) is 0 Å². The van der Waals surface area contributed by atoms with Crippen LogP contribution in [0.2, 0.25) is 0 Å². The summed E-state index contributed by atoms with van der Waals surface area (Å²) in [5, 5.41) is 0. The Morgan fingerprint density at radius 2 is 0.674 bits per heavy atom. The van der Waals surface area contributed by atoms with Crippen LogP contribution >= 0.6 is 0 Å². The summed E-state index contributed by atoms with van der Waals surface area (Å²) in [7, 11) is -21.0. The molecule has 0 bridgehead atoms. The maximum absolute atomic E-state index is 14.1. The standard InChI is InChI=1S/3C20H29NO3.3C19H27NO3/c3*1-5-13(2)8-15-12-21-7-6-14-9-19(23-3)20(24-4)10-16(14)17(21)11-18(15)22;3*1-12(2)7-14-11-20-6-5-13-8-18(22-3)19(23-4)9-15(13)16(20)10-17(14)21/h3*9-10,13,15,17H,5-8,11-12H2,1-4H3;3*8-9,12,14,16H,5-7,10-11H2,1-4H3/i2D3,3D3,5D2,6D2,7D2,8D2,9D,10D,11D2,12D2,13D,15D,17D;2D3,3D3,5D2,6D2,7D2,8D2,9D,10D,12D2,13D,17D;2D3,3D3,4D3,5D2,8D2,13D;3D3,5D2,6D2,8D,9D,10D2,11D2,14D,16D;3D3,5D2,6D2,8D,9D,11D2,16D;3D3,4D3,10D2,14D. The molecule has 6 aromatic carbocycles. The van der Waals surface area contributed by atoms with Gasteiger partial charge in [0.1, 0.15) is 34.7 Å². The minimum absolute atomic E-state index is 0.0243.